The van der Waals surface area contributed by atoms with E-state index in [4.69, 9.17) is 4.42 Å². The van der Waals surface area contributed by atoms with Gasteiger partial charge in [0.25, 0.3) is 17.5 Å². The van der Waals surface area contributed by atoms with E-state index < -0.39 is 29.1 Å². The number of non-ortho nitro benzene ring substituents is 1. The molecule has 0 saturated carbocycles. The average Bonchev–Trinajstić information content (AvgIpc) is 3.39. The third-order valence-corrected chi connectivity index (χ3v) is 5.23. The van der Waals surface area contributed by atoms with Gasteiger partial charge in [0, 0.05) is 29.1 Å². The number of ketones is 1. The van der Waals surface area contributed by atoms with Crippen LogP contribution in [0, 0.1) is 24.0 Å². The Morgan fingerprint density at radius 3 is 2.50 bits per heavy atom. The molecule has 2 amide bonds. The third-order valence-electron chi connectivity index (χ3n) is 5.23. The number of nitro benzene ring substituents is 1. The van der Waals surface area contributed by atoms with E-state index in [-0.39, 0.29) is 16.8 Å². The first-order chi connectivity index (χ1) is 14.3. The van der Waals surface area contributed by atoms with E-state index in [1.165, 1.54) is 6.07 Å². The molecule has 0 radical (unpaired) electrons. The molecule has 0 N–H and O–H groups in total. The van der Waals surface area contributed by atoms with Crippen LogP contribution in [-0.2, 0) is 6.54 Å². The van der Waals surface area contributed by atoms with Gasteiger partial charge in [-0.3, -0.25) is 29.4 Å². The second kappa shape index (κ2) is 7.11. The molecule has 2 aromatic heterocycles. The smallest absolute Gasteiger partial charge is 0.270 e. The van der Waals surface area contributed by atoms with Crippen LogP contribution in [-0.4, -0.2) is 38.5 Å². The lowest BCUT2D eigenvalue weighted by Gasteiger charge is -2.13. The van der Waals surface area contributed by atoms with Crippen molar-refractivity contribution in [3.63, 3.8) is 0 Å². The normalized spacial score (nSPS) is 13.1. The number of aromatic nitrogens is 1. The summed E-state index contributed by atoms with van der Waals surface area (Å²) in [5.41, 5.74) is 1.64. The zero-order chi connectivity index (χ0) is 21.6. The summed E-state index contributed by atoms with van der Waals surface area (Å²) in [6.45, 7) is 3.66. The Labute approximate surface area is 170 Å². The van der Waals surface area contributed by atoms with E-state index in [0.717, 1.165) is 28.5 Å². The molecule has 1 aliphatic rings. The van der Waals surface area contributed by atoms with Gasteiger partial charge in [-0.2, -0.15) is 0 Å². The van der Waals surface area contributed by atoms with Crippen molar-refractivity contribution in [3.8, 4) is 0 Å². The number of carbonyl (C=O) groups is 3. The molecule has 30 heavy (non-hydrogen) atoms. The van der Waals surface area contributed by atoms with Crippen LogP contribution in [0.1, 0.15) is 48.2 Å². The highest BCUT2D eigenvalue weighted by Gasteiger charge is 2.38. The van der Waals surface area contributed by atoms with E-state index in [9.17, 15) is 24.5 Å². The molecule has 1 aliphatic heterocycles. The maximum atomic E-state index is 12.9. The van der Waals surface area contributed by atoms with Crippen LogP contribution in [0.3, 0.4) is 0 Å². The molecule has 0 fully saturated rings. The largest absolute Gasteiger partial charge is 0.467 e. The number of nitro groups is 1. The number of rotatable bonds is 6. The highest BCUT2D eigenvalue weighted by Crippen LogP contribution is 2.27. The Morgan fingerprint density at radius 2 is 1.83 bits per heavy atom. The lowest BCUT2D eigenvalue weighted by atomic mass is 10.1. The molecular weight excluding hydrogens is 390 g/mol. The molecule has 9 heteroatoms. The van der Waals surface area contributed by atoms with Crippen LogP contribution in [0.25, 0.3) is 0 Å². The fourth-order valence-corrected chi connectivity index (χ4v) is 3.65. The Morgan fingerprint density at radius 1 is 1.10 bits per heavy atom. The highest BCUT2D eigenvalue weighted by atomic mass is 16.6. The first-order valence-electron chi connectivity index (χ1n) is 9.15. The molecule has 0 saturated heterocycles. The van der Waals surface area contributed by atoms with Crippen LogP contribution < -0.4 is 0 Å². The van der Waals surface area contributed by atoms with Gasteiger partial charge in [0.15, 0.2) is 5.78 Å². The predicted octanol–water partition coefficient (Wildman–Crippen LogP) is 3.13. The number of benzene rings is 1. The summed E-state index contributed by atoms with van der Waals surface area (Å²) in [7, 11) is 0. The van der Waals surface area contributed by atoms with Gasteiger partial charge < -0.3 is 8.98 Å². The van der Waals surface area contributed by atoms with E-state index in [1.54, 1.807) is 25.3 Å². The molecular formula is C21H17N3O6. The summed E-state index contributed by atoms with van der Waals surface area (Å²) in [6, 6.07) is 8.80. The number of amides is 2. The summed E-state index contributed by atoms with van der Waals surface area (Å²) < 4.78 is 7.28. The molecule has 0 atom stereocenters. The maximum absolute atomic E-state index is 12.9. The van der Waals surface area contributed by atoms with Gasteiger partial charge >= 0.3 is 0 Å². The van der Waals surface area contributed by atoms with Crippen LogP contribution >= 0.6 is 0 Å². The lowest BCUT2D eigenvalue weighted by Crippen LogP contribution is -2.35. The van der Waals surface area contributed by atoms with Crippen molar-refractivity contribution in [3.05, 3.63) is 86.6 Å². The Kier molecular flexibility index (Phi) is 4.57. The molecule has 0 spiro atoms. The van der Waals surface area contributed by atoms with E-state index in [1.807, 2.05) is 17.6 Å². The fraction of sp³-hybridized carbons (Fsp3) is 0.190. The lowest BCUT2D eigenvalue weighted by molar-refractivity contribution is -0.384. The number of hydrogen-bond acceptors (Lipinski definition) is 6. The number of aryl methyl sites for hydroxylation is 1. The number of Topliss-reactive ketones (excluding diaryl/α,β-unsaturated/α-hetero) is 1. The van der Waals surface area contributed by atoms with Crippen LogP contribution in [0.15, 0.2) is 47.1 Å². The number of nitrogens with zero attached hydrogens (tertiary/aromatic N) is 3. The minimum Gasteiger partial charge on any atom is -0.467 e. The zero-order valence-electron chi connectivity index (χ0n) is 16.2. The van der Waals surface area contributed by atoms with Gasteiger partial charge in [-0.1, -0.05) is 0 Å². The molecule has 0 unspecified atom stereocenters. The van der Waals surface area contributed by atoms with Crippen molar-refractivity contribution in [2.75, 3.05) is 6.54 Å². The SMILES string of the molecule is Cc1cc(C(=O)CN2C(=O)c3ccc([N+](=O)[O-])cc3C2=O)c(C)n1Cc1ccco1. The molecule has 0 aliphatic carbocycles. The standard InChI is InChI=1S/C21H17N3O6/c1-12-8-17(13(2)22(12)10-15-4-3-7-30-15)19(25)11-23-20(26)16-6-5-14(24(28)29)9-18(16)21(23)27/h3-9H,10-11H2,1-2H3. The average molecular weight is 407 g/mol. The van der Waals surface area contributed by atoms with E-state index >= 15 is 0 Å². The summed E-state index contributed by atoms with van der Waals surface area (Å²) in [5.74, 6) is -1.00. The zero-order valence-corrected chi connectivity index (χ0v) is 16.2. The van der Waals surface area contributed by atoms with E-state index in [2.05, 4.69) is 0 Å². The second-order valence-electron chi connectivity index (χ2n) is 7.06. The van der Waals surface area contributed by atoms with Crippen LogP contribution in [0.2, 0.25) is 0 Å². The van der Waals surface area contributed by atoms with Gasteiger partial charge in [0.2, 0.25) is 0 Å². The van der Waals surface area contributed by atoms with Gasteiger partial charge in [0.1, 0.15) is 5.76 Å². The number of hydrogen-bond donors (Lipinski definition) is 0. The van der Waals surface area contributed by atoms with Gasteiger partial charge in [0.05, 0.1) is 35.4 Å². The summed E-state index contributed by atoms with van der Waals surface area (Å²) in [6.07, 6.45) is 1.57. The predicted molar refractivity (Wildman–Crippen MR) is 105 cm³/mol. The van der Waals surface area contributed by atoms with Crippen molar-refractivity contribution in [1.29, 1.82) is 0 Å². The first kappa shape index (κ1) is 19.3. The summed E-state index contributed by atoms with van der Waals surface area (Å²) in [4.78, 5) is 49.3. The molecule has 1 aromatic carbocycles. The van der Waals surface area contributed by atoms with Gasteiger partial charge in [-0.15, -0.1) is 0 Å². The summed E-state index contributed by atoms with van der Waals surface area (Å²) >= 11 is 0. The molecule has 0 bridgehead atoms. The highest BCUT2D eigenvalue weighted by molar-refractivity contribution is 6.23. The van der Waals surface area contributed by atoms with Crippen molar-refractivity contribution in [2.45, 2.75) is 20.4 Å². The Bertz CT molecular complexity index is 1210. The van der Waals surface area contributed by atoms with Crippen LogP contribution in [0.5, 0.6) is 0 Å². The maximum Gasteiger partial charge on any atom is 0.270 e. The molecule has 3 heterocycles. The number of carbonyl (C=O) groups excluding carboxylic acids is 3. The summed E-state index contributed by atoms with van der Waals surface area (Å²) in [5, 5.41) is 11.0. The third kappa shape index (κ3) is 3.10. The van der Waals surface area contributed by atoms with Gasteiger partial charge in [-0.05, 0) is 38.1 Å². The topological polar surface area (TPSA) is 116 Å². The number of imide groups is 1. The second-order valence-corrected chi connectivity index (χ2v) is 7.06. The molecule has 3 aromatic rings. The molecule has 4 rings (SSSR count). The van der Waals surface area contributed by atoms with Crippen molar-refractivity contribution in [2.24, 2.45) is 0 Å². The Hall–Kier alpha value is -4.01. The van der Waals surface area contributed by atoms with Crippen molar-refractivity contribution in [1.82, 2.24) is 9.47 Å². The quantitative estimate of drug-likeness (QED) is 0.268. The van der Waals surface area contributed by atoms with E-state index in [0.29, 0.717) is 17.8 Å². The minimum absolute atomic E-state index is 0.0571. The number of furan rings is 1. The monoisotopic (exact) mass is 407 g/mol. The number of fused-ring (bicyclic) bond motifs is 1. The van der Waals surface area contributed by atoms with Crippen molar-refractivity contribution < 1.29 is 23.7 Å². The molecule has 152 valence electrons. The van der Waals surface area contributed by atoms with Gasteiger partial charge in [-0.25, -0.2) is 0 Å². The van der Waals surface area contributed by atoms with Crippen LogP contribution in [0.4, 0.5) is 5.69 Å². The fourth-order valence-electron chi connectivity index (χ4n) is 3.65. The first-order valence-corrected chi connectivity index (χ1v) is 9.15. The minimum atomic E-state index is -0.712. The molecule has 9 nitrogen and oxygen atoms in total. The Balaban J connectivity index is 1.58. The van der Waals surface area contributed by atoms with Crippen molar-refractivity contribution >= 4 is 23.3 Å².